The minimum atomic E-state index is -0.283. The molecule has 194 valence electrons. The summed E-state index contributed by atoms with van der Waals surface area (Å²) in [6.07, 6.45) is 0.827. The third-order valence-electron chi connectivity index (χ3n) is 6.84. The molecule has 0 saturated heterocycles. The molecule has 3 aromatic carbocycles. The van der Waals surface area contributed by atoms with Crippen molar-refractivity contribution in [2.45, 2.75) is 12.5 Å². The van der Waals surface area contributed by atoms with Gasteiger partial charge in [-0.15, -0.1) is 5.10 Å². The van der Waals surface area contributed by atoms with Crippen molar-refractivity contribution in [1.29, 1.82) is 0 Å². The number of nitrogens with zero attached hydrogens (tertiary/aromatic N) is 5. The van der Waals surface area contributed by atoms with Gasteiger partial charge < -0.3 is 24.3 Å². The minimum absolute atomic E-state index is 0.157. The molecular formula is C27H26N6O5. The number of fused-ring (bicyclic) bond motifs is 2. The summed E-state index contributed by atoms with van der Waals surface area (Å²) in [5, 5.41) is 15.6. The lowest BCUT2D eigenvalue weighted by Crippen LogP contribution is -2.35. The van der Waals surface area contributed by atoms with Gasteiger partial charge in [-0.1, -0.05) is 6.07 Å². The van der Waals surface area contributed by atoms with Crippen LogP contribution in [0.2, 0.25) is 0 Å². The molecule has 11 nitrogen and oxygen atoms in total. The monoisotopic (exact) mass is 514 g/mol. The summed E-state index contributed by atoms with van der Waals surface area (Å²) in [6, 6.07) is 16.1. The van der Waals surface area contributed by atoms with E-state index in [0.29, 0.717) is 40.1 Å². The summed E-state index contributed by atoms with van der Waals surface area (Å²) in [7, 11) is 5.24. The average molecular weight is 515 g/mol. The molecule has 0 fully saturated rings. The lowest BCUT2D eigenvalue weighted by atomic mass is 9.90. The Kier molecular flexibility index (Phi) is 6.04. The van der Waals surface area contributed by atoms with Gasteiger partial charge in [0.05, 0.1) is 19.9 Å². The zero-order valence-electron chi connectivity index (χ0n) is 21.2. The van der Waals surface area contributed by atoms with E-state index >= 15 is 0 Å². The molecule has 1 aromatic heterocycles. The van der Waals surface area contributed by atoms with Crippen LogP contribution in [0.15, 0.2) is 54.6 Å². The summed E-state index contributed by atoms with van der Waals surface area (Å²) in [5.74, 6) is 2.97. The lowest BCUT2D eigenvalue weighted by molar-refractivity contribution is 0.102. The van der Waals surface area contributed by atoms with Gasteiger partial charge in [0.25, 0.3) is 5.91 Å². The molecule has 2 aliphatic heterocycles. The van der Waals surface area contributed by atoms with E-state index in [-0.39, 0.29) is 18.7 Å². The number of carbonyl (C=O) groups excluding carboxylic acids is 1. The number of ether oxygens (including phenoxy) is 4. The Labute approximate surface area is 218 Å². The first kappa shape index (κ1) is 23.7. The van der Waals surface area contributed by atoms with Gasteiger partial charge in [0, 0.05) is 29.4 Å². The molecule has 0 radical (unpaired) electrons. The first-order chi connectivity index (χ1) is 18.6. The zero-order valence-corrected chi connectivity index (χ0v) is 21.2. The summed E-state index contributed by atoms with van der Waals surface area (Å²) >= 11 is 0. The van der Waals surface area contributed by atoms with Gasteiger partial charge in [0.15, 0.2) is 17.3 Å². The minimum Gasteiger partial charge on any atom is -0.497 e. The molecule has 0 saturated carbocycles. The number of anilines is 1. The van der Waals surface area contributed by atoms with Crippen molar-refractivity contribution in [3.05, 3.63) is 77.1 Å². The number of aromatic nitrogens is 4. The summed E-state index contributed by atoms with van der Waals surface area (Å²) in [6.45, 7) is 0.960. The predicted octanol–water partition coefficient (Wildman–Crippen LogP) is 3.24. The molecule has 0 spiro atoms. The van der Waals surface area contributed by atoms with Crippen molar-refractivity contribution in [3.8, 4) is 28.7 Å². The smallest absolute Gasteiger partial charge is 0.255 e. The third-order valence-corrected chi connectivity index (χ3v) is 6.84. The number of likely N-dealkylation sites (N-methyl/N-ethyl adjacent to an activating group) is 1. The number of nitrogens with one attached hydrogen (secondary N) is 1. The first-order valence-corrected chi connectivity index (χ1v) is 12.1. The van der Waals surface area contributed by atoms with Crippen molar-refractivity contribution in [3.63, 3.8) is 0 Å². The summed E-state index contributed by atoms with van der Waals surface area (Å²) in [5.41, 5.74) is 3.93. The van der Waals surface area contributed by atoms with Crippen LogP contribution >= 0.6 is 0 Å². The highest BCUT2D eigenvalue weighted by molar-refractivity contribution is 6.04. The normalized spacial score (nSPS) is 16.1. The highest BCUT2D eigenvalue weighted by Crippen LogP contribution is 2.50. The molecule has 6 rings (SSSR count). The van der Waals surface area contributed by atoms with Crippen molar-refractivity contribution in [1.82, 2.24) is 25.1 Å². The lowest BCUT2D eigenvalue weighted by Gasteiger charge is -2.34. The van der Waals surface area contributed by atoms with Crippen LogP contribution < -0.4 is 24.3 Å². The first-order valence-electron chi connectivity index (χ1n) is 12.1. The molecule has 1 N–H and O–H groups in total. The molecular weight excluding hydrogens is 488 g/mol. The second-order valence-electron chi connectivity index (χ2n) is 9.03. The number of hydrogen-bond donors (Lipinski definition) is 1. The molecule has 4 aromatic rings. The number of hydrogen-bond acceptors (Lipinski definition) is 9. The topological polar surface area (TPSA) is 113 Å². The van der Waals surface area contributed by atoms with E-state index in [1.807, 2.05) is 43.4 Å². The molecule has 38 heavy (non-hydrogen) atoms. The van der Waals surface area contributed by atoms with Gasteiger partial charge in [-0.2, -0.15) is 4.68 Å². The van der Waals surface area contributed by atoms with E-state index in [9.17, 15) is 4.79 Å². The van der Waals surface area contributed by atoms with Gasteiger partial charge in [-0.3, -0.25) is 9.69 Å². The second kappa shape index (κ2) is 9.67. The largest absolute Gasteiger partial charge is 0.497 e. The number of carbonyl (C=O) groups is 1. The Morgan fingerprint density at radius 3 is 2.71 bits per heavy atom. The molecule has 3 heterocycles. The third kappa shape index (κ3) is 4.06. The van der Waals surface area contributed by atoms with Crippen LogP contribution in [0, 0.1) is 0 Å². The average Bonchev–Trinajstić information content (AvgIpc) is 3.62. The highest BCUT2D eigenvalue weighted by atomic mass is 16.7. The van der Waals surface area contributed by atoms with Crippen molar-refractivity contribution >= 4 is 11.6 Å². The summed E-state index contributed by atoms with van der Waals surface area (Å²) < 4.78 is 24.1. The van der Waals surface area contributed by atoms with E-state index in [0.717, 1.165) is 29.8 Å². The molecule has 2 aliphatic rings. The maximum absolute atomic E-state index is 12.8. The van der Waals surface area contributed by atoms with Crippen molar-refractivity contribution < 1.29 is 23.7 Å². The van der Waals surface area contributed by atoms with Crippen molar-refractivity contribution in [2.75, 3.05) is 39.9 Å². The van der Waals surface area contributed by atoms with Crippen LogP contribution in [0.4, 0.5) is 5.69 Å². The SMILES string of the molecule is COc1cccc(NC(=O)c2ccc(-n3nnnc3C3c4c(cc5c(c4OC)OCO5)CCN3C)cc2)c1. The van der Waals surface area contributed by atoms with Crippen molar-refractivity contribution in [2.24, 2.45) is 0 Å². The Hall–Kier alpha value is -4.64. The van der Waals surface area contributed by atoms with Crippen LogP contribution in [-0.2, 0) is 6.42 Å². The fraction of sp³-hybridized carbons (Fsp3) is 0.259. The molecule has 0 aliphatic carbocycles. The molecule has 11 heteroatoms. The van der Waals surface area contributed by atoms with E-state index in [1.54, 1.807) is 37.1 Å². The number of benzene rings is 3. The Bertz CT molecular complexity index is 1500. The van der Waals surface area contributed by atoms with E-state index in [4.69, 9.17) is 18.9 Å². The molecule has 1 amide bonds. The molecule has 0 bridgehead atoms. The molecule has 1 unspecified atom stereocenters. The maximum atomic E-state index is 12.8. The predicted molar refractivity (Wildman–Crippen MR) is 137 cm³/mol. The van der Waals surface area contributed by atoms with Crippen LogP contribution in [0.1, 0.15) is 33.4 Å². The Balaban J connectivity index is 1.32. The fourth-order valence-electron chi connectivity index (χ4n) is 4.97. The fourth-order valence-corrected chi connectivity index (χ4v) is 4.97. The Morgan fingerprint density at radius 2 is 1.92 bits per heavy atom. The van der Waals surface area contributed by atoms with E-state index in [2.05, 4.69) is 25.7 Å². The highest BCUT2D eigenvalue weighted by Gasteiger charge is 2.37. The number of tetrazole rings is 1. The quantitative estimate of drug-likeness (QED) is 0.414. The second-order valence-corrected chi connectivity index (χ2v) is 9.03. The molecule has 1 atom stereocenters. The van der Waals surface area contributed by atoms with Gasteiger partial charge in [0.2, 0.25) is 12.5 Å². The van der Waals surface area contributed by atoms with Gasteiger partial charge >= 0.3 is 0 Å². The van der Waals surface area contributed by atoms with E-state index in [1.165, 1.54) is 0 Å². The number of methoxy groups -OCH3 is 2. The number of rotatable bonds is 6. The zero-order chi connectivity index (χ0) is 26.2. The van der Waals surface area contributed by atoms with Gasteiger partial charge in [0.1, 0.15) is 11.8 Å². The van der Waals surface area contributed by atoms with E-state index < -0.39 is 0 Å². The van der Waals surface area contributed by atoms with Crippen LogP contribution in [0.3, 0.4) is 0 Å². The number of amides is 1. The summed E-state index contributed by atoms with van der Waals surface area (Å²) in [4.78, 5) is 15.0. The Morgan fingerprint density at radius 1 is 1.08 bits per heavy atom. The van der Waals surface area contributed by atoms with Crippen LogP contribution in [0.25, 0.3) is 5.69 Å². The van der Waals surface area contributed by atoms with Crippen LogP contribution in [0.5, 0.6) is 23.0 Å². The van der Waals surface area contributed by atoms with Crippen LogP contribution in [-0.4, -0.2) is 65.6 Å². The standard InChI is InChI=1S/C27H26N6O5/c1-32-12-11-17-13-21-24(38-15-37-21)25(36-3)22(17)23(32)26-29-30-31-33(26)19-9-7-16(8-10-19)27(34)28-18-5-4-6-20(14-18)35-2/h4-10,13-14,23H,11-12,15H2,1-3H3,(H,28,34). The van der Waals surface area contributed by atoms with Gasteiger partial charge in [-0.25, -0.2) is 0 Å². The van der Waals surface area contributed by atoms with Gasteiger partial charge in [-0.05, 0) is 71.9 Å². The maximum Gasteiger partial charge on any atom is 0.255 e.